The Bertz CT molecular complexity index is 511. The monoisotopic (exact) mass is 261 g/mol. The molecule has 2 N–H and O–H groups in total. The summed E-state index contributed by atoms with van der Waals surface area (Å²) in [7, 11) is 0. The van der Waals surface area contributed by atoms with E-state index in [0.717, 1.165) is 17.2 Å². The number of rotatable bonds is 5. The average molecular weight is 261 g/mol. The van der Waals surface area contributed by atoms with Crippen LogP contribution in [0, 0.1) is 0 Å². The number of amides is 1. The molecular formula is C13H15N3OS. The predicted molar refractivity (Wildman–Crippen MR) is 73.9 cm³/mol. The van der Waals surface area contributed by atoms with E-state index in [0.29, 0.717) is 12.1 Å². The minimum absolute atomic E-state index is 0.0787. The highest BCUT2D eigenvalue weighted by Gasteiger charge is 2.06. The lowest BCUT2D eigenvalue weighted by molar-refractivity contribution is 0.0951. The van der Waals surface area contributed by atoms with Gasteiger partial charge in [0.05, 0.1) is 6.54 Å². The second-order valence-corrected chi connectivity index (χ2v) is 4.75. The maximum absolute atomic E-state index is 11.9. The first kappa shape index (κ1) is 12.6. The molecule has 1 amide bonds. The van der Waals surface area contributed by atoms with E-state index in [4.69, 9.17) is 0 Å². The van der Waals surface area contributed by atoms with E-state index in [2.05, 4.69) is 15.6 Å². The molecule has 94 valence electrons. The summed E-state index contributed by atoms with van der Waals surface area (Å²) >= 11 is 1.63. The Kier molecular flexibility index (Phi) is 4.30. The van der Waals surface area contributed by atoms with Crippen molar-refractivity contribution in [2.75, 3.05) is 11.9 Å². The Morgan fingerprint density at radius 1 is 1.44 bits per heavy atom. The molecule has 0 aromatic carbocycles. The van der Waals surface area contributed by atoms with Crippen molar-refractivity contribution < 1.29 is 4.79 Å². The van der Waals surface area contributed by atoms with Gasteiger partial charge in [-0.25, -0.2) is 4.98 Å². The smallest absolute Gasteiger partial charge is 0.251 e. The number of carbonyl (C=O) groups is 1. The fourth-order valence-electron chi connectivity index (χ4n) is 1.53. The van der Waals surface area contributed by atoms with Gasteiger partial charge in [0.15, 0.2) is 0 Å². The summed E-state index contributed by atoms with van der Waals surface area (Å²) in [6, 6.07) is 7.45. The van der Waals surface area contributed by atoms with E-state index in [1.165, 1.54) is 0 Å². The zero-order valence-corrected chi connectivity index (χ0v) is 11.0. The maximum atomic E-state index is 11.9. The molecule has 0 saturated heterocycles. The average Bonchev–Trinajstić information content (AvgIpc) is 2.90. The van der Waals surface area contributed by atoms with Crippen LogP contribution in [0.1, 0.15) is 22.2 Å². The van der Waals surface area contributed by atoms with Gasteiger partial charge in [0.1, 0.15) is 5.82 Å². The number of nitrogens with zero attached hydrogens (tertiary/aromatic N) is 1. The van der Waals surface area contributed by atoms with E-state index in [-0.39, 0.29) is 5.91 Å². The van der Waals surface area contributed by atoms with Crippen LogP contribution in [0.25, 0.3) is 0 Å². The van der Waals surface area contributed by atoms with Crippen LogP contribution in [0.4, 0.5) is 5.82 Å². The number of aromatic nitrogens is 1. The number of pyridine rings is 1. The molecule has 0 unspecified atom stereocenters. The molecule has 0 aliphatic rings. The largest absolute Gasteiger partial charge is 0.370 e. The second kappa shape index (κ2) is 6.16. The quantitative estimate of drug-likeness (QED) is 0.869. The maximum Gasteiger partial charge on any atom is 0.251 e. The molecule has 2 aromatic heterocycles. The third kappa shape index (κ3) is 3.30. The Hall–Kier alpha value is -1.88. The third-order valence-corrected chi connectivity index (χ3v) is 3.26. The lowest BCUT2D eigenvalue weighted by atomic mass is 10.2. The Morgan fingerprint density at radius 2 is 2.33 bits per heavy atom. The molecule has 4 nitrogen and oxygen atoms in total. The summed E-state index contributed by atoms with van der Waals surface area (Å²) in [6.45, 7) is 3.34. The highest BCUT2D eigenvalue weighted by atomic mass is 32.1. The number of carbonyl (C=O) groups excluding carboxylic acids is 1. The molecule has 0 atom stereocenters. The molecule has 0 radical (unpaired) electrons. The van der Waals surface area contributed by atoms with Crippen molar-refractivity contribution in [1.29, 1.82) is 0 Å². The van der Waals surface area contributed by atoms with Gasteiger partial charge in [-0.15, -0.1) is 11.3 Å². The fourth-order valence-corrected chi connectivity index (χ4v) is 2.18. The molecule has 0 aliphatic heterocycles. The topological polar surface area (TPSA) is 54.0 Å². The summed E-state index contributed by atoms with van der Waals surface area (Å²) < 4.78 is 0. The van der Waals surface area contributed by atoms with Crippen molar-refractivity contribution in [2.45, 2.75) is 13.5 Å². The van der Waals surface area contributed by atoms with E-state index in [1.54, 1.807) is 29.7 Å². The van der Waals surface area contributed by atoms with Crippen LogP contribution in [0.3, 0.4) is 0 Å². The number of anilines is 1. The number of nitrogens with one attached hydrogen (secondary N) is 2. The lowest BCUT2D eigenvalue weighted by Gasteiger charge is -2.06. The normalized spacial score (nSPS) is 10.1. The summed E-state index contributed by atoms with van der Waals surface area (Å²) in [5.41, 5.74) is 0.623. The number of hydrogen-bond donors (Lipinski definition) is 2. The SMILES string of the molecule is CCNc1cc(C(=O)NCc2cccs2)ccn1. The van der Waals surface area contributed by atoms with Crippen LogP contribution in [-0.4, -0.2) is 17.4 Å². The van der Waals surface area contributed by atoms with Crippen LogP contribution in [0.2, 0.25) is 0 Å². The Balaban J connectivity index is 1.97. The van der Waals surface area contributed by atoms with Gasteiger partial charge in [-0.2, -0.15) is 0 Å². The van der Waals surface area contributed by atoms with Gasteiger partial charge in [-0.1, -0.05) is 6.07 Å². The molecule has 18 heavy (non-hydrogen) atoms. The minimum atomic E-state index is -0.0787. The summed E-state index contributed by atoms with van der Waals surface area (Å²) in [5, 5.41) is 7.97. The van der Waals surface area contributed by atoms with Crippen LogP contribution in [0.5, 0.6) is 0 Å². The van der Waals surface area contributed by atoms with Gasteiger partial charge in [0.2, 0.25) is 0 Å². The predicted octanol–water partition coefficient (Wildman–Crippen LogP) is 2.50. The second-order valence-electron chi connectivity index (χ2n) is 3.72. The van der Waals surface area contributed by atoms with Gasteiger partial charge in [0, 0.05) is 23.2 Å². The van der Waals surface area contributed by atoms with Crippen LogP contribution in [-0.2, 0) is 6.54 Å². The first-order chi connectivity index (χ1) is 8.79. The summed E-state index contributed by atoms with van der Waals surface area (Å²) in [4.78, 5) is 17.2. The van der Waals surface area contributed by atoms with Crippen LogP contribution in [0.15, 0.2) is 35.8 Å². The standard InChI is InChI=1S/C13H15N3OS/c1-2-14-12-8-10(5-6-15-12)13(17)16-9-11-4-3-7-18-11/h3-8H,2,9H2,1H3,(H,14,15)(H,16,17). The van der Waals surface area contributed by atoms with Crippen molar-refractivity contribution in [3.8, 4) is 0 Å². The van der Waals surface area contributed by atoms with E-state index < -0.39 is 0 Å². The van der Waals surface area contributed by atoms with E-state index in [9.17, 15) is 4.79 Å². The molecule has 2 heterocycles. The first-order valence-electron chi connectivity index (χ1n) is 5.80. The van der Waals surface area contributed by atoms with Crippen molar-refractivity contribution >= 4 is 23.1 Å². The highest BCUT2D eigenvalue weighted by Crippen LogP contribution is 2.09. The molecule has 0 fully saturated rings. The fraction of sp³-hybridized carbons (Fsp3) is 0.231. The molecule has 0 bridgehead atoms. The molecule has 0 aliphatic carbocycles. The van der Waals surface area contributed by atoms with Crippen LogP contribution < -0.4 is 10.6 Å². The van der Waals surface area contributed by atoms with Gasteiger partial charge in [-0.05, 0) is 30.5 Å². The van der Waals surface area contributed by atoms with E-state index in [1.807, 2.05) is 24.4 Å². The van der Waals surface area contributed by atoms with E-state index >= 15 is 0 Å². The molecule has 0 spiro atoms. The van der Waals surface area contributed by atoms with Crippen molar-refractivity contribution in [3.63, 3.8) is 0 Å². The number of hydrogen-bond acceptors (Lipinski definition) is 4. The molecule has 2 rings (SSSR count). The van der Waals surface area contributed by atoms with Crippen LogP contribution >= 0.6 is 11.3 Å². The Labute approximate surface area is 110 Å². The molecular weight excluding hydrogens is 246 g/mol. The summed E-state index contributed by atoms with van der Waals surface area (Å²) in [5.74, 6) is 0.645. The molecule has 5 heteroatoms. The molecule has 2 aromatic rings. The van der Waals surface area contributed by atoms with Crippen molar-refractivity contribution in [1.82, 2.24) is 10.3 Å². The first-order valence-corrected chi connectivity index (χ1v) is 6.68. The van der Waals surface area contributed by atoms with Crippen molar-refractivity contribution in [2.24, 2.45) is 0 Å². The minimum Gasteiger partial charge on any atom is -0.370 e. The van der Waals surface area contributed by atoms with Gasteiger partial charge in [0.25, 0.3) is 5.91 Å². The number of thiophene rings is 1. The van der Waals surface area contributed by atoms with Gasteiger partial charge >= 0.3 is 0 Å². The lowest BCUT2D eigenvalue weighted by Crippen LogP contribution is -2.22. The van der Waals surface area contributed by atoms with Gasteiger partial charge < -0.3 is 10.6 Å². The zero-order valence-electron chi connectivity index (χ0n) is 10.1. The third-order valence-electron chi connectivity index (χ3n) is 2.38. The van der Waals surface area contributed by atoms with Gasteiger partial charge in [-0.3, -0.25) is 4.79 Å². The van der Waals surface area contributed by atoms with Crippen molar-refractivity contribution in [3.05, 3.63) is 46.3 Å². The zero-order chi connectivity index (χ0) is 12.8. The highest BCUT2D eigenvalue weighted by molar-refractivity contribution is 7.09. The Morgan fingerprint density at radius 3 is 3.06 bits per heavy atom. The summed E-state index contributed by atoms with van der Waals surface area (Å²) in [6.07, 6.45) is 1.64. The molecule has 0 saturated carbocycles.